The standard InChI is InChI=1S/C25H20N2O5/c28-22(32-15-16-8-2-1-3-9-16)14-21(25(30)31)27-24(29)23-17-10-4-6-12-19(17)26-20-13-7-5-11-18(20)23/h1-13,21H,14-15H2,(H,27,29)(H,30,31)/t21-/m0/s1. The van der Waals surface area contributed by atoms with Gasteiger partial charge in [-0.25, -0.2) is 9.78 Å². The fraction of sp³-hybridized carbons (Fsp3) is 0.120. The molecular formula is C25H20N2O5. The van der Waals surface area contributed by atoms with Gasteiger partial charge in [0.25, 0.3) is 5.91 Å². The highest BCUT2D eigenvalue weighted by molar-refractivity contribution is 6.16. The SMILES string of the molecule is O=C(C[C@H](NC(=O)c1c2ccccc2nc2ccccc12)C(=O)O)OCc1ccccc1. The highest BCUT2D eigenvalue weighted by Gasteiger charge is 2.26. The third-order valence-electron chi connectivity index (χ3n) is 5.03. The molecule has 1 heterocycles. The summed E-state index contributed by atoms with van der Waals surface area (Å²) in [6.07, 6.45) is -0.491. The molecule has 0 bridgehead atoms. The number of pyridine rings is 1. The molecule has 0 aliphatic carbocycles. The first-order valence-electron chi connectivity index (χ1n) is 10.0. The van der Waals surface area contributed by atoms with Gasteiger partial charge in [-0.3, -0.25) is 9.59 Å². The number of ether oxygens (including phenoxy) is 1. The van der Waals surface area contributed by atoms with Crippen LogP contribution in [-0.4, -0.2) is 34.0 Å². The predicted octanol–water partition coefficient (Wildman–Crippen LogP) is 3.70. The van der Waals surface area contributed by atoms with Gasteiger partial charge in [0.1, 0.15) is 12.6 Å². The van der Waals surface area contributed by atoms with Crippen LogP contribution in [0.3, 0.4) is 0 Å². The van der Waals surface area contributed by atoms with Crippen molar-refractivity contribution in [2.24, 2.45) is 0 Å². The number of carboxylic acid groups (broad SMARTS) is 1. The van der Waals surface area contributed by atoms with E-state index < -0.39 is 30.3 Å². The van der Waals surface area contributed by atoms with Gasteiger partial charge in [0.2, 0.25) is 0 Å². The van der Waals surface area contributed by atoms with Gasteiger partial charge in [0, 0.05) is 10.8 Å². The average molecular weight is 428 g/mol. The minimum atomic E-state index is -1.43. The first kappa shape index (κ1) is 21.0. The first-order chi connectivity index (χ1) is 15.5. The number of fused-ring (bicyclic) bond motifs is 2. The summed E-state index contributed by atoms with van der Waals surface area (Å²) in [5.41, 5.74) is 2.33. The van der Waals surface area contributed by atoms with Crippen LogP contribution in [0, 0.1) is 0 Å². The van der Waals surface area contributed by atoms with Crippen molar-refractivity contribution in [3.05, 3.63) is 90.0 Å². The molecule has 1 atom stereocenters. The molecule has 4 rings (SSSR count). The van der Waals surface area contributed by atoms with Crippen LogP contribution < -0.4 is 5.32 Å². The Hall–Kier alpha value is -4.26. The van der Waals surface area contributed by atoms with Crippen LogP contribution in [0.2, 0.25) is 0 Å². The predicted molar refractivity (Wildman–Crippen MR) is 119 cm³/mol. The summed E-state index contributed by atoms with van der Waals surface area (Å²) < 4.78 is 5.17. The Kier molecular flexibility index (Phi) is 6.07. The molecule has 160 valence electrons. The summed E-state index contributed by atoms with van der Waals surface area (Å²) in [7, 11) is 0. The molecule has 0 saturated heterocycles. The van der Waals surface area contributed by atoms with Gasteiger partial charge < -0.3 is 15.2 Å². The normalized spacial score (nSPS) is 11.8. The first-order valence-corrected chi connectivity index (χ1v) is 10.0. The van der Waals surface area contributed by atoms with Crippen molar-refractivity contribution in [1.29, 1.82) is 0 Å². The van der Waals surface area contributed by atoms with Crippen molar-refractivity contribution < 1.29 is 24.2 Å². The van der Waals surface area contributed by atoms with Crippen LogP contribution in [0.15, 0.2) is 78.9 Å². The second-order valence-electron chi connectivity index (χ2n) is 7.24. The number of hydrogen-bond acceptors (Lipinski definition) is 5. The number of hydrogen-bond donors (Lipinski definition) is 2. The second kappa shape index (κ2) is 9.26. The average Bonchev–Trinajstić information content (AvgIpc) is 2.81. The molecule has 7 heteroatoms. The van der Waals surface area contributed by atoms with Crippen molar-refractivity contribution in [1.82, 2.24) is 10.3 Å². The topological polar surface area (TPSA) is 106 Å². The highest BCUT2D eigenvalue weighted by atomic mass is 16.5. The Bertz CT molecular complexity index is 1250. The van der Waals surface area contributed by atoms with Crippen LogP contribution in [0.5, 0.6) is 0 Å². The van der Waals surface area contributed by atoms with Gasteiger partial charge in [-0.15, -0.1) is 0 Å². The fourth-order valence-corrected chi connectivity index (χ4v) is 3.48. The monoisotopic (exact) mass is 428 g/mol. The van der Waals surface area contributed by atoms with Crippen LogP contribution in [0.4, 0.5) is 0 Å². The Balaban J connectivity index is 1.56. The number of amides is 1. The van der Waals surface area contributed by atoms with Crippen molar-refractivity contribution in [2.75, 3.05) is 0 Å². The molecule has 32 heavy (non-hydrogen) atoms. The van der Waals surface area contributed by atoms with Crippen molar-refractivity contribution in [2.45, 2.75) is 19.1 Å². The van der Waals surface area contributed by atoms with Crippen molar-refractivity contribution in [3.8, 4) is 0 Å². The summed E-state index contributed by atoms with van der Waals surface area (Å²) >= 11 is 0. The van der Waals surface area contributed by atoms with Crippen LogP contribution in [-0.2, 0) is 20.9 Å². The van der Waals surface area contributed by atoms with E-state index in [0.29, 0.717) is 27.4 Å². The molecule has 2 N–H and O–H groups in total. The summed E-state index contributed by atoms with van der Waals surface area (Å²) in [5.74, 6) is -2.63. The summed E-state index contributed by atoms with van der Waals surface area (Å²) in [4.78, 5) is 41.8. The molecule has 0 saturated carbocycles. The maximum atomic E-state index is 13.2. The molecule has 0 aliphatic rings. The Morgan fingerprint density at radius 1 is 0.844 bits per heavy atom. The van der Waals surface area contributed by atoms with E-state index in [-0.39, 0.29) is 6.61 Å². The lowest BCUT2D eigenvalue weighted by molar-refractivity contribution is -0.150. The highest BCUT2D eigenvalue weighted by Crippen LogP contribution is 2.26. The van der Waals surface area contributed by atoms with Gasteiger partial charge in [-0.2, -0.15) is 0 Å². The molecule has 0 radical (unpaired) electrons. The van der Waals surface area contributed by atoms with E-state index in [1.165, 1.54) is 0 Å². The lowest BCUT2D eigenvalue weighted by Gasteiger charge is -2.16. The van der Waals surface area contributed by atoms with Gasteiger partial charge >= 0.3 is 11.9 Å². The second-order valence-corrected chi connectivity index (χ2v) is 7.24. The van der Waals surface area contributed by atoms with Gasteiger partial charge in [-0.05, 0) is 17.7 Å². The van der Waals surface area contributed by atoms with Gasteiger partial charge in [-0.1, -0.05) is 66.7 Å². The number of aliphatic carboxylic acids is 1. The van der Waals surface area contributed by atoms with Crippen LogP contribution in [0.1, 0.15) is 22.3 Å². The molecule has 0 spiro atoms. The lowest BCUT2D eigenvalue weighted by Crippen LogP contribution is -2.42. The van der Waals surface area contributed by atoms with E-state index in [1.54, 1.807) is 48.5 Å². The summed E-state index contributed by atoms with van der Waals surface area (Å²) in [5, 5.41) is 13.3. The number of benzene rings is 3. The number of rotatable bonds is 7. The number of para-hydroxylation sites is 2. The van der Waals surface area contributed by atoms with Gasteiger partial charge in [0.15, 0.2) is 0 Å². The van der Waals surface area contributed by atoms with E-state index in [1.807, 2.05) is 30.3 Å². The lowest BCUT2D eigenvalue weighted by atomic mass is 10.0. The molecular weight excluding hydrogens is 408 g/mol. The minimum absolute atomic E-state index is 0.0274. The zero-order chi connectivity index (χ0) is 22.5. The fourth-order valence-electron chi connectivity index (χ4n) is 3.48. The maximum Gasteiger partial charge on any atom is 0.326 e. The Morgan fingerprint density at radius 2 is 1.41 bits per heavy atom. The number of nitrogens with one attached hydrogen (secondary N) is 1. The van der Waals surface area contributed by atoms with E-state index >= 15 is 0 Å². The minimum Gasteiger partial charge on any atom is -0.480 e. The Labute approximate surface area is 183 Å². The van der Waals surface area contributed by atoms with Crippen molar-refractivity contribution >= 4 is 39.7 Å². The van der Waals surface area contributed by atoms with Crippen molar-refractivity contribution in [3.63, 3.8) is 0 Å². The molecule has 1 amide bonds. The third-order valence-corrected chi connectivity index (χ3v) is 5.03. The van der Waals surface area contributed by atoms with E-state index in [0.717, 1.165) is 5.56 Å². The number of nitrogens with zero attached hydrogens (tertiary/aromatic N) is 1. The summed E-state index contributed by atoms with van der Waals surface area (Å²) in [6, 6.07) is 21.9. The molecule has 3 aromatic carbocycles. The maximum absolute atomic E-state index is 13.2. The van der Waals surface area contributed by atoms with E-state index in [2.05, 4.69) is 10.3 Å². The van der Waals surface area contributed by atoms with E-state index in [9.17, 15) is 19.5 Å². The van der Waals surface area contributed by atoms with Gasteiger partial charge in [0.05, 0.1) is 23.0 Å². The number of aromatic nitrogens is 1. The summed E-state index contributed by atoms with van der Waals surface area (Å²) in [6.45, 7) is 0.0274. The Morgan fingerprint density at radius 3 is 2.00 bits per heavy atom. The molecule has 0 fully saturated rings. The molecule has 0 unspecified atom stereocenters. The number of carbonyl (C=O) groups is 3. The van der Waals surface area contributed by atoms with Crippen LogP contribution in [0.25, 0.3) is 21.8 Å². The smallest absolute Gasteiger partial charge is 0.326 e. The van der Waals surface area contributed by atoms with Crippen LogP contribution >= 0.6 is 0 Å². The largest absolute Gasteiger partial charge is 0.480 e. The third kappa shape index (κ3) is 4.57. The zero-order valence-electron chi connectivity index (χ0n) is 17.0. The number of esters is 1. The number of carboxylic acids is 1. The quantitative estimate of drug-likeness (QED) is 0.343. The molecule has 4 aromatic rings. The molecule has 1 aromatic heterocycles. The number of carbonyl (C=O) groups excluding carboxylic acids is 2. The molecule has 0 aliphatic heterocycles. The van der Waals surface area contributed by atoms with E-state index in [4.69, 9.17) is 4.74 Å². The zero-order valence-corrected chi connectivity index (χ0v) is 17.0. The molecule has 7 nitrogen and oxygen atoms in total.